The molecule has 3 rings (SSSR count). The third-order valence-corrected chi connectivity index (χ3v) is 6.20. The van der Waals surface area contributed by atoms with Crippen LogP contribution in [0.1, 0.15) is 54.2 Å². The maximum absolute atomic E-state index is 12.4. The van der Waals surface area contributed by atoms with E-state index in [0.717, 1.165) is 36.9 Å². The first-order valence-electron chi connectivity index (χ1n) is 9.55. The fraction of sp³-hybridized carbons (Fsp3) is 0.550. The lowest BCUT2D eigenvalue weighted by molar-refractivity contribution is -0.119. The van der Waals surface area contributed by atoms with Gasteiger partial charge in [0.2, 0.25) is 5.91 Å². The van der Waals surface area contributed by atoms with E-state index in [1.807, 2.05) is 18.5 Å². The summed E-state index contributed by atoms with van der Waals surface area (Å²) in [7, 11) is 2.00. The van der Waals surface area contributed by atoms with Crippen molar-refractivity contribution in [2.45, 2.75) is 50.7 Å². The fourth-order valence-electron chi connectivity index (χ4n) is 3.60. The molecule has 1 aromatic carbocycles. The van der Waals surface area contributed by atoms with Gasteiger partial charge in [-0.2, -0.15) is 0 Å². The minimum Gasteiger partial charge on any atom is -0.349 e. The van der Waals surface area contributed by atoms with Crippen molar-refractivity contribution in [3.8, 4) is 0 Å². The Labute approximate surface area is 165 Å². The van der Waals surface area contributed by atoms with Crippen molar-refractivity contribution >= 4 is 17.7 Å². The van der Waals surface area contributed by atoms with Crippen molar-refractivity contribution in [1.82, 2.24) is 25.4 Å². The number of aryl methyl sites for hydroxylation is 2. The third-order valence-electron chi connectivity index (χ3n) is 5.18. The van der Waals surface area contributed by atoms with Gasteiger partial charge in [0.05, 0.1) is 11.8 Å². The van der Waals surface area contributed by atoms with Gasteiger partial charge >= 0.3 is 0 Å². The van der Waals surface area contributed by atoms with Crippen LogP contribution >= 0.6 is 11.8 Å². The normalized spacial score (nSPS) is 16.3. The number of nitrogens with zero attached hydrogens (tertiary/aromatic N) is 3. The maximum atomic E-state index is 12.4. The van der Waals surface area contributed by atoms with Gasteiger partial charge in [-0.25, -0.2) is 0 Å². The number of piperidine rings is 1. The van der Waals surface area contributed by atoms with Gasteiger partial charge in [0.25, 0.3) is 0 Å². The third kappa shape index (κ3) is 4.90. The quantitative estimate of drug-likeness (QED) is 0.746. The molecule has 2 heterocycles. The summed E-state index contributed by atoms with van der Waals surface area (Å²) in [6.45, 7) is 8.23. The molecule has 0 aliphatic carbocycles. The van der Waals surface area contributed by atoms with Gasteiger partial charge in [-0.15, -0.1) is 10.2 Å². The van der Waals surface area contributed by atoms with E-state index >= 15 is 0 Å². The Hall–Kier alpha value is -1.86. The van der Waals surface area contributed by atoms with Crippen LogP contribution in [-0.4, -0.2) is 39.5 Å². The highest BCUT2D eigenvalue weighted by Crippen LogP contribution is 2.26. The molecule has 1 amide bonds. The first kappa shape index (κ1) is 19.9. The Morgan fingerprint density at radius 2 is 2.07 bits per heavy atom. The summed E-state index contributed by atoms with van der Waals surface area (Å²) in [5.41, 5.74) is 3.57. The van der Waals surface area contributed by atoms with Crippen LogP contribution in [0.4, 0.5) is 0 Å². The highest BCUT2D eigenvalue weighted by molar-refractivity contribution is 7.99. The van der Waals surface area contributed by atoms with Crippen LogP contribution in [-0.2, 0) is 11.8 Å². The number of nitrogens with one attached hydrogen (secondary N) is 2. The zero-order valence-corrected chi connectivity index (χ0v) is 17.4. The maximum Gasteiger partial charge on any atom is 0.230 e. The molecule has 1 atom stereocenters. The summed E-state index contributed by atoms with van der Waals surface area (Å²) in [6.07, 6.45) is 2.18. The predicted octanol–water partition coefficient (Wildman–Crippen LogP) is 2.87. The largest absolute Gasteiger partial charge is 0.349 e. The lowest BCUT2D eigenvalue weighted by Gasteiger charge is -2.21. The van der Waals surface area contributed by atoms with Gasteiger partial charge < -0.3 is 15.2 Å². The van der Waals surface area contributed by atoms with Crippen LogP contribution in [0, 0.1) is 13.8 Å². The Bertz CT molecular complexity index is 798. The van der Waals surface area contributed by atoms with Crippen LogP contribution in [0.3, 0.4) is 0 Å². The first-order valence-corrected chi connectivity index (χ1v) is 10.5. The Morgan fingerprint density at radius 3 is 2.81 bits per heavy atom. The predicted molar refractivity (Wildman–Crippen MR) is 109 cm³/mol. The Balaban J connectivity index is 1.56. The number of hydrogen-bond acceptors (Lipinski definition) is 5. The van der Waals surface area contributed by atoms with Crippen molar-refractivity contribution in [2.75, 3.05) is 18.8 Å². The van der Waals surface area contributed by atoms with E-state index < -0.39 is 0 Å². The number of rotatable bonds is 6. The zero-order chi connectivity index (χ0) is 19.4. The Kier molecular flexibility index (Phi) is 6.55. The van der Waals surface area contributed by atoms with E-state index in [1.165, 1.54) is 28.5 Å². The van der Waals surface area contributed by atoms with Crippen LogP contribution in [0.5, 0.6) is 0 Å². The van der Waals surface area contributed by atoms with Crippen molar-refractivity contribution in [3.63, 3.8) is 0 Å². The van der Waals surface area contributed by atoms with Crippen molar-refractivity contribution in [2.24, 2.45) is 7.05 Å². The molecule has 0 spiro atoms. The van der Waals surface area contributed by atoms with Crippen LogP contribution in [0.2, 0.25) is 0 Å². The SMILES string of the molecule is Cc1ccc(C)c([C@H](C)NC(=O)CSc2nnc(C3CCNCC3)n2C)c1. The fourth-order valence-corrected chi connectivity index (χ4v) is 4.33. The molecule has 2 N–H and O–H groups in total. The van der Waals surface area contributed by atoms with E-state index in [9.17, 15) is 4.79 Å². The van der Waals surface area contributed by atoms with Crippen molar-refractivity contribution in [3.05, 3.63) is 40.7 Å². The minimum atomic E-state index is -0.0113. The minimum absolute atomic E-state index is 0.0113. The molecule has 1 aliphatic rings. The lowest BCUT2D eigenvalue weighted by Crippen LogP contribution is -2.29. The lowest BCUT2D eigenvalue weighted by atomic mass is 9.97. The van der Waals surface area contributed by atoms with E-state index in [4.69, 9.17) is 0 Å². The molecular formula is C20H29N5OS. The molecule has 0 unspecified atom stereocenters. The zero-order valence-electron chi connectivity index (χ0n) is 16.6. The average molecular weight is 388 g/mol. The number of carbonyl (C=O) groups excluding carboxylic acids is 1. The second kappa shape index (κ2) is 8.89. The van der Waals surface area contributed by atoms with Gasteiger partial charge in [-0.05, 0) is 57.8 Å². The van der Waals surface area contributed by atoms with Crippen LogP contribution in [0.15, 0.2) is 23.4 Å². The molecule has 1 saturated heterocycles. The summed E-state index contributed by atoms with van der Waals surface area (Å²) in [5, 5.41) is 16.0. The molecule has 27 heavy (non-hydrogen) atoms. The molecule has 2 aromatic rings. The van der Waals surface area contributed by atoms with Gasteiger partial charge in [-0.3, -0.25) is 4.79 Å². The first-order chi connectivity index (χ1) is 13.0. The smallest absolute Gasteiger partial charge is 0.230 e. The van der Waals surface area contributed by atoms with Gasteiger partial charge in [0.1, 0.15) is 5.82 Å². The molecule has 0 bridgehead atoms. The molecule has 146 valence electrons. The Morgan fingerprint density at radius 1 is 1.33 bits per heavy atom. The van der Waals surface area contributed by atoms with Gasteiger partial charge in [-0.1, -0.05) is 35.5 Å². The standard InChI is InChI=1S/C20H29N5OS/c1-13-5-6-14(2)17(11-13)15(3)22-18(26)12-27-20-24-23-19(25(20)4)16-7-9-21-10-8-16/h5-6,11,15-16,21H,7-10,12H2,1-4H3,(H,22,26)/t15-/m0/s1. The molecule has 0 radical (unpaired) electrons. The van der Waals surface area contributed by atoms with Gasteiger partial charge in [0, 0.05) is 13.0 Å². The number of aromatic nitrogens is 3. The highest BCUT2D eigenvalue weighted by Gasteiger charge is 2.22. The van der Waals surface area contributed by atoms with Crippen molar-refractivity contribution < 1.29 is 4.79 Å². The summed E-state index contributed by atoms with van der Waals surface area (Å²) >= 11 is 1.45. The second-order valence-corrected chi connectivity index (χ2v) is 8.30. The van der Waals surface area contributed by atoms with Crippen LogP contribution < -0.4 is 10.6 Å². The number of benzene rings is 1. The number of thioether (sulfide) groups is 1. The molecule has 7 heteroatoms. The monoisotopic (exact) mass is 387 g/mol. The highest BCUT2D eigenvalue weighted by atomic mass is 32.2. The number of amides is 1. The molecule has 0 saturated carbocycles. The molecule has 1 aliphatic heterocycles. The molecule has 1 aromatic heterocycles. The number of hydrogen-bond donors (Lipinski definition) is 2. The van der Waals surface area contributed by atoms with Crippen molar-refractivity contribution in [1.29, 1.82) is 0 Å². The van der Waals surface area contributed by atoms with E-state index in [2.05, 4.69) is 52.9 Å². The van der Waals surface area contributed by atoms with Crippen LogP contribution in [0.25, 0.3) is 0 Å². The number of carbonyl (C=O) groups is 1. The topological polar surface area (TPSA) is 71.8 Å². The van der Waals surface area contributed by atoms with Gasteiger partial charge in [0.15, 0.2) is 5.16 Å². The molecular weight excluding hydrogens is 358 g/mol. The second-order valence-electron chi connectivity index (χ2n) is 7.36. The summed E-state index contributed by atoms with van der Waals surface area (Å²) in [5.74, 6) is 1.84. The summed E-state index contributed by atoms with van der Waals surface area (Å²) in [4.78, 5) is 12.4. The average Bonchev–Trinajstić information content (AvgIpc) is 3.03. The molecule has 6 nitrogen and oxygen atoms in total. The van der Waals surface area contributed by atoms with E-state index in [-0.39, 0.29) is 11.9 Å². The van der Waals surface area contributed by atoms with E-state index in [0.29, 0.717) is 11.7 Å². The summed E-state index contributed by atoms with van der Waals surface area (Å²) in [6, 6.07) is 6.32. The van der Waals surface area contributed by atoms with E-state index in [1.54, 1.807) is 0 Å². The molecule has 1 fully saturated rings. The summed E-state index contributed by atoms with van der Waals surface area (Å²) < 4.78 is 2.04.